The van der Waals surface area contributed by atoms with Crippen LogP contribution in [0.25, 0.3) is 0 Å². The Hall–Kier alpha value is -3.84. The lowest BCUT2D eigenvalue weighted by Crippen LogP contribution is -2.74. The number of piperidine rings is 1. The molecular formula is C35H48N2O11. The molecule has 1 aromatic carbocycles. The Labute approximate surface area is 281 Å². The molecule has 0 radical (unpaired) electrons. The number of nitrogens with zero attached hydrogens (tertiary/aromatic N) is 1. The van der Waals surface area contributed by atoms with E-state index in [2.05, 4.69) is 10.2 Å². The topological polar surface area (TPSA) is 159 Å². The van der Waals surface area contributed by atoms with Crippen LogP contribution < -0.4 is 14.8 Å². The van der Waals surface area contributed by atoms with Gasteiger partial charge in [-0.25, -0.2) is 14.4 Å². The minimum Gasteiger partial charge on any atom is -0.493 e. The van der Waals surface area contributed by atoms with Crippen molar-refractivity contribution in [2.45, 2.75) is 127 Å². The zero-order valence-corrected chi connectivity index (χ0v) is 29.3. The van der Waals surface area contributed by atoms with Crippen molar-refractivity contribution >= 4 is 24.0 Å². The van der Waals surface area contributed by atoms with Crippen LogP contribution in [0.2, 0.25) is 0 Å². The van der Waals surface area contributed by atoms with Crippen molar-refractivity contribution < 1.29 is 52.7 Å². The first-order valence-electron chi connectivity index (χ1n) is 16.4. The Balaban J connectivity index is 1.33. The van der Waals surface area contributed by atoms with Gasteiger partial charge in [0.15, 0.2) is 23.7 Å². The Bertz CT molecular complexity index is 1510. The van der Waals surface area contributed by atoms with E-state index in [0.29, 0.717) is 30.9 Å². The Kier molecular flexibility index (Phi) is 9.28. The second-order valence-corrected chi connectivity index (χ2v) is 15.1. The number of rotatable bonds is 9. The Morgan fingerprint density at radius 3 is 2.42 bits per heavy atom. The summed E-state index contributed by atoms with van der Waals surface area (Å²) >= 11 is 0. The fourth-order valence-corrected chi connectivity index (χ4v) is 7.44. The molecule has 0 unspecified atom stereocenters. The lowest BCUT2D eigenvalue weighted by Gasteiger charge is -2.61. The first kappa shape index (κ1) is 35.5. The van der Waals surface area contributed by atoms with Crippen molar-refractivity contribution in [2.75, 3.05) is 20.7 Å². The highest BCUT2D eigenvalue weighted by Crippen LogP contribution is 2.65. The highest BCUT2D eigenvalue weighted by Gasteiger charge is 2.72. The van der Waals surface area contributed by atoms with Crippen LogP contribution in [0.5, 0.6) is 11.5 Å². The van der Waals surface area contributed by atoms with Crippen LogP contribution in [0.1, 0.15) is 85.3 Å². The number of ether oxygens (including phenoxy) is 6. The molecule has 1 saturated heterocycles. The zero-order chi connectivity index (χ0) is 35.4. The van der Waals surface area contributed by atoms with Crippen LogP contribution in [0.3, 0.4) is 0 Å². The highest BCUT2D eigenvalue weighted by atomic mass is 16.6. The maximum Gasteiger partial charge on any atom is 0.408 e. The van der Waals surface area contributed by atoms with Gasteiger partial charge in [0.2, 0.25) is 0 Å². The van der Waals surface area contributed by atoms with Crippen LogP contribution in [-0.4, -0.2) is 95.8 Å². The summed E-state index contributed by atoms with van der Waals surface area (Å²) in [5.74, 6) is -1.12. The van der Waals surface area contributed by atoms with E-state index in [4.69, 9.17) is 28.4 Å². The molecule has 13 nitrogen and oxygen atoms in total. The number of nitrogens with one attached hydrogen (secondary N) is 1. The van der Waals surface area contributed by atoms with E-state index < -0.39 is 64.5 Å². The Morgan fingerprint density at radius 2 is 1.77 bits per heavy atom. The van der Waals surface area contributed by atoms with E-state index in [9.17, 15) is 24.3 Å². The summed E-state index contributed by atoms with van der Waals surface area (Å²) in [6.07, 6.45) is -0.367. The van der Waals surface area contributed by atoms with E-state index >= 15 is 0 Å². The van der Waals surface area contributed by atoms with Crippen molar-refractivity contribution in [1.29, 1.82) is 0 Å². The van der Waals surface area contributed by atoms with Gasteiger partial charge in [-0.1, -0.05) is 6.07 Å². The first-order chi connectivity index (χ1) is 22.3. The maximum absolute atomic E-state index is 13.5. The van der Waals surface area contributed by atoms with E-state index in [1.807, 2.05) is 19.2 Å². The van der Waals surface area contributed by atoms with Crippen molar-refractivity contribution in [2.24, 2.45) is 0 Å². The van der Waals surface area contributed by atoms with Crippen molar-refractivity contribution in [3.63, 3.8) is 0 Å². The normalized spacial score (nSPS) is 26.9. The van der Waals surface area contributed by atoms with Gasteiger partial charge in [-0.05, 0) is 99.0 Å². The first-order valence-corrected chi connectivity index (χ1v) is 16.4. The summed E-state index contributed by atoms with van der Waals surface area (Å²) in [4.78, 5) is 53.9. The number of hydrogen-bond acceptors (Lipinski definition) is 12. The number of carbonyl (C=O) groups is 4. The number of likely N-dealkylation sites (N-methyl/N-ethyl adjacent to an activating group) is 1. The van der Waals surface area contributed by atoms with E-state index in [1.54, 1.807) is 54.7 Å². The second-order valence-electron chi connectivity index (χ2n) is 15.1. The van der Waals surface area contributed by atoms with Gasteiger partial charge in [0, 0.05) is 24.4 Å². The van der Waals surface area contributed by atoms with Gasteiger partial charge in [0.1, 0.15) is 23.0 Å². The SMILES string of the molecule is COc1ccc2c3c1O[C@H]1C(OC(=O)[C@H](C)OC(=O)[C@H](CCC(=O)OC(C)(C)C)NC(=O)OC(C)(C)C)=CC[C@@]4(O)[C@@H](C2)N(C)CC[C@]314. The number of amides is 1. The standard InChI is InChI=1S/C35H48N2O11/c1-19(44-30(40)21(36-31(41)48-33(5,6)7)11-13-25(38)47-32(2,3)4)29(39)45-23-14-15-35(42)24-18-20-10-12-22(43-9)27-26(20)34(35,28(23)46-27)16-17-37(24)8/h10,12,14,19,21,24,28,42H,11,13,15-18H2,1-9H3,(H,36,41)/t19-,21-,24+,28-,34-,35+/m0/s1. The third kappa shape index (κ3) is 6.46. The Morgan fingerprint density at radius 1 is 1.08 bits per heavy atom. The molecule has 48 heavy (non-hydrogen) atoms. The smallest absolute Gasteiger partial charge is 0.408 e. The summed E-state index contributed by atoms with van der Waals surface area (Å²) in [5.41, 5.74) is -1.70. The van der Waals surface area contributed by atoms with Gasteiger partial charge >= 0.3 is 24.0 Å². The third-order valence-electron chi connectivity index (χ3n) is 9.43. The van der Waals surface area contributed by atoms with E-state index in [0.717, 1.165) is 11.1 Å². The van der Waals surface area contributed by atoms with Crippen LogP contribution in [0.15, 0.2) is 24.0 Å². The lowest BCUT2D eigenvalue weighted by atomic mass is 9.50. The van der Waals surface area contributed by atoms with Gasteiger partial charge in [0.05, 0.1) is 18.1 Å². The predicted molar refractivity (Wildman–Crippen MR) is 171 cm³/mol. The van der Waals surface area contributed by atoms with Crippen molar-refractivity contribution in [3.05, 3.63) is 35.1 Å². The number of methoxy groups -OCH3 is 1. The van der Waals surface area contributed by atoms with Gasteiger partial charge in [-0.2, -0.15) is 0 Å². The monoisotopic (exact) mass is 672 g/mol. The molecule has 2 N–H and O–H groups in total. The average molecular weight is 673 g/mol. The second kappa shape index (κ2) is 12.6. The molecule has 2 aliphatic heterocycles. The van der Waals surface area contributed by atoms with Crippen molar-refractivity contribution in [1.82, 2.24) is 10.2 Å². The van der Waals surface area contributed by atoms with Gasteiger partial charge in [-0.15, -0.1) is 0 Å². The summed E-state index contributed by atoms with van der Waals surface area (Å²) < 4.78 is 34.1. The largest absolute Gasteiger partial charge is 0.493 e. The highest BCUT2D eigenvalue weighted by molar-refractivity contribution is 5.85. The number of carbonyl (C=O) groups excluding carboxylic acids is 4. The molecule has 264 valence electrons. The molecular weight excluding hydrogens is 624 g/mol. The molecule has 0 saturated carbocycles. The molecule has 4 aliphatic rings. The van der Waals surface area contributed by atoms with E-state index in [1.165, 1.54) is 6.92 Å². The summed E-state index contributed by atoms with van der Waals surface area (Å²) in [6.45, 7) is 12.2. The molecule has 1 aromatic rings. The van der Waals surface area contributed by atoms with Gasteiger partial charge in [-0.3, -0.25) is 4.79 Å². The summed E-state index contributed by atoms with van der Waals surface area (Å²) in [7, 11) is 3.56. The molecule has 1 fully saturated rings. The molecule has 5 rings (SSSR count). The molecule has 1 amide bonds. The third-order valence-corrected chi connectivity index (χ3v) is 9.43. The molecule has 2 bridgehead atoms. The van der Waals surface area contributed by atoms with Crippen molar-refractivity contribution in [3.8, 4) is 11.5 Å². The molecule has 1 spiro atoms. The quantitative estimate of drug-likeness (QED) is 0.291. The predicted octanol–water partition coefficient (Wildman–Crippen LogP) is 3.46. The average Bonchev–Trinajstić information content (AvgIpc) is 3.32. The van der Waals surface area contributed by atoms with E-state index in [-0.39, 0.29) is 31.1 Å². The van der Waals surface area contributed by atoms with Crippen LogP contribution >= 0.6 is 0 Å². The zero-order valence-electron chi connectivity index (χ0n) is 29.3. The lowest BCUT2D eigenvalue weighted by molar-refractivity contribution is -0.176. The van der Waals surface area contributed by atoms with Crippen LogP contribution in [0.4, 0.5) is 4.79 Å². The van der Waals surface area contributed by atoms with Crippen LogP contribution in [-0.2, 0) is 45.2 Å². The number of alkyl carbamates (subject to hydrolysis) is 1. The fourth-order valence-electron chi connectivity index (χ4n) is 7.44. The van der Waals surface area contributed by atoms with Gasteiger partial charge in [0.25, 0.3) is 0 Å². The minimum atomic E-state index is -1.40. The molecule has 2 heterocycles. The molecule has 0 aromatic heterocycles. The van der Waals surface area contributed by atoms with Crippen LogP contribution in [0, 0.1) is 0 Å². The maximum atomic E-state index is 13.5. The summed E-state index contributed by atoms with van der Waals surface area (Å²) in [5, 5.41) is 14.8. The number of benzene rings is 1. The van der Waals surface area contributed by atoms with Gasteiger partial charge < -0.3 is 43.7 Å². The molecule has 13 heteroatoms. The minimum absolute atomic E-state index is 0.158. The summed E-state index contributed by atoms with van der Waals surface area (Å²) in [6, 6.07) is 2.37. The number of esters is 3. The number of aliphatic hydroxyl groups is 1. The number of likely N-dealkylation sites (tertiary alicyclic amines) is 1. The fraction of sp³-hybridized carbons (Fsp3) is 0.657. The number of hydrogen-bond donors (Lipinski definition) is 2. The molecule has 6 atom stereocenters. The molecule has 2 aliphatic carbocycles.